The SMILES string of the molecule is C[C@@H]1C[C@H](C)CN(c2cc(N3CCCCCC3)nc(NC(=S)NCc3ccc(Cl)cc3)n2)C1. The van der Waals surface area contributed by atoms with Crippen molar-refractivity contribution in [2.24, 2.45) is 11.8 Å². The first kappa shape index (κ1) is 24.0. The van der Waals surface area contributed by atoms with E-state index in [0.29, 0.717) is 29.4 Å². The van der Waals surface area contributed by atoms with Crippen molar-refractivity contribution >= 4 is 46.5 Å². The van der Waals surface area contributed by atoms with Crippen LogP contribution in [0.5, 0.6) is 0 Å². The molecule has 1 aromatic heterocycles. The molecule has 1 aromatic carbocycles. The van der Waals surface area contributed by atoms with Gasteiger partial charge in [0.25, 0.3) is 0 Å². The Bertz CT molecular complexity index is 919. The second kappa shape index (κ2) is 11.3. The Kier molecular flexibility index (Phi) is 8.25. The molecule has 2 N–H and O–H groups in total. The summed E-state index contributed by atoms with van der Waals surface area (Å²) in [6.45, 7) is 9.41. The Balaban J connectivity index is 1.51. The summed E-state index contributed by atoms with van der Waals surface area (Å²) in [6.07, 6.45) is 6.27. The van der Waals surface area contributed by atoms with Gasteiger partial charge in [-0.25, -0.2) is 0 Å². The lowest BCUT2D eigenvalue weighted by molar-refractivity contribution is 0.355. The van der Waals surface area contributed by atoms with Gasteiger partial charge in [0.2, 0.25) is 5.95 Å². The number of piperidine rings is 1. The van der Waals surface area contributed by atoms with Crippen LogP contribution in [0.4, 0.5) is 17.6 Å². The van der Waals surface area contributed by atoms with E-state index < -0.39 is 0 Å². The van der Waals surface area contributed by atoms with Crippen molar-refractivity contribution in [3.8, 4) is 0 Å². The zero-order valence-corrected chi connectivity index (χ0v) is 21.3. The second-order valence-corrected chi connectivity index (χ2v) is 10.4. The maximum atomic E-state index is 5.98. The maximum absolute atomic E-state index is 5.98. The molecule has 0 spiro atoms. The molecule has 2 aromatic rings. The van der Waals surface area contributed by atoms with Crippen LogP contribution in [0.15, 0.2) is 30.3 Å². The Labute approximate surface area is 208 Å². The quantitative estimate of drug-likeness (QED) is 0.542. The number of aromatic nitrogens is 2. The van der Waals surface area contributed by atoms with Crippen LogP contribution in [-0.2, 0) is 6.54 Å². The molecule has 0 saturated carbocycles. The molecule has 178 valence electrons. The van der Waals surface area contributed by atoms with E-state index in [4.69, 9.17) is 33.8 Å². The molecule has 6 nitrogen and oxygen atoms in total. The minimum atomic E-state index is 0.518. The van der Waals surface area contributed by atoms with Crippen molar-refractivity contribution in [1.82, 2.24) is 15.3 Å². The lowest BCUT2D eigenvalue weighted by Gasteiger charge is -2.36. The predicted molar refractivity (Wildman–Crippen MR) is 142 cm³/mol. The van der Waals surface area contributed by atoms with Crippen molar-refractivity contribution in [3.05, 3.63) is 40.9 Å². The van der Waals surface area contributed by atoms with Gasteiger partial charge in [-0.15, -0.1) is 0 Å². The highest BCUT2D eigenvalue weighted by atomic mass is 35.5. The number of halogens is 1. The normalized spacial score (nSPS) is 21.4. The van der Waals surface area contributed by atoms with Crippen LogP contribution in [0.1, 0.15) is 51.5 Å². The van der Waals surface area contributed by atoms with Gasteiger partial charge < -0.3 is 20.4 Å². The van der Waals surface area contributed by atoms with E-state index in [9.17, 15) is 0 Å². The molecular weight excluding hydrogens is 452 g/mol. The lowest BCUT2D eigenvalue weighted by Crippen LogP contribution is -2.39. The molecule has 4 rings (SSSR count). The van der Waals surface area contributed by atoms with Crippen molar-refractivity contribution in [3.63, 3.8) is 0 Å². The fourth-order valence-corrected chi connectivity index (χ4v) is 5.17. The lowest BCUT2D eigenvalue weighted by atomic mass is 9.92. The van der Waals surface area contributed by atoms with E-state index in [1.807, 2.05) is 24.3 Å². The van der Waals surface area contributed by atoms with Crippen LogP contribution < -0.4 is 20.4 Å². The number of benzene rings is 1. The first-order chi connectivity index (χ1) is 16.0. The largest absolute Gasteiger partial charge is 0.358 e. The second-order valence-electron chi connectivity index (χ2n) is 9.59. The van der Waals surface area contributed by atoms with E-state index in [1.165, 1.54) is 32.1 Å². The van der Waals surface area contributed by atoms with E-state index in [-0.39, 0.29) is 0 Å². The molecule has 0 bridgehead atoms. The van der Waals surface area contributed by atoms with Crippen molar-refractivity contribution in [2.45, 2.75) is 52.5 Å². The highest BCUT2D eigenvalue weighted by molar-refractivity contribution is 7.80. The zero-order valence-electron chi connectivity index (χ0n) is 19.7. The van der Waals surface area contributed by atoms with Crippen LogP contribution >= 0.6 is 23.8 Å². The predicted octanol–water partition coefficient (Wildman–Crippen LogP) is 5.48. The van der Waals surface area contributed by atoms with Crippen LogP contribution in [0.2, 0.25) is 5.02 Å². The summed E-state index contributed by atoms with van der Waals surface area (Å²) < 4.78 is 0. The Hall–Kier alpha value is -2.12. The Morgan fingerprint density at radius 2 is 1.58 bits per heavy atom. The number of hydrogen-bond acceptors (Lipinski definition) is 5. The molecule has 2 aliphatic rings. The van der Waals surface area contributed by atoms with Crippen molar-refractivity contribution in [2.75, 3.05) is 41.3 Å². The molecule has 33 heavy (non-hydrogen) atoms. The highest BCUT2D eigenvalue weighted by Gasteiger charge is 2.24. The van der Waals surface area contributed by atoms with Gasteiger partial charge in [0.1, 0.15) is 11.6 Å². The van der Waals surface area contributed by atoms with Crippen molar-refractivity contribution < 1.29 is 0 Å². The average Bonchev–Trinajstić information content (AvgIpc) is 3.08. The average molecular weight is 487 g/mol. The molecule has 2 fully saturated rings. The number of hydrogen-bond donors (Lipinski definition) is 2. The zero-order chi connectivity index (χ0) is 23.2. The maximum Gasteiger partial charge on any atom is 0.232 e. The third kappa shape index (κ3) is 6.93. The molecule has 0 aliphatic carbocycles. The molecular formula is C25H35ClN6S. The summed E-state index contributed by atoms with van der Waals surface area (Å²) in [5, 5.41) is 7.74. The van der Waals surface area contributed by atoms with Gasteiger partial charge in [0.15, 0.2) is 5.11 Å². The fourth-order valence-electron chi connectivity index (χ4n) is 4.88. The monoisotopic (exact) mass is 486 g/mol. The summed E-state index contributed by atoms with van der Waals surface area (Å²) >= 11 is 11.5. The van der Waals surface area contributed by atoms with E-state index >= 15 is 0 Å². The number of nitrogens with one attached hydrogen (secondary N) is 2. The van der Waals surface area contributed by atoms with E-state index in [2.05, 4.69) is 40.3 Å². The first-order valence-corrected chi connectivity index (χ1v) is 12.9. The van der Waals surface area contributed by atoms with Gasteiger partial charge in [0, 0.05) is 43.8 Å². The van der Waals surface area contributed by atoms with Gasteiger partial charge >= 0.3 is 0 Å². The van der Waals surface area contributed by atoms with E-state index in [0.717, 1.165) is 48.4 Å². The summed E-state index contributed by atoms with van der Waals surface area (Å²) in [7, 11) is 0. The van der Waals surface area contributed by atoms with Gasteiger partial charge in [0.05, 0.1) is 0 Å². The minimum Gasteiger partial charge on any atom is -0.358 e. The summed E-state index contributed by atoms with van der Waals surface area (Å²) in [5.41, 5.74) is 1.11. The number of thiocarbonyl (C=S) groups is 1. The van der Waals surface area contributed by atoms with Gasteiger partial charge in [-0.05, 0) is 61.0 Å². The Morgan fingerprint density at radius 1 is 0.970 bits per heavy atom. The summed E-state index contributed by atoms with van der Waals surface area (Å²) in [6, 6.07) is 9.92. The van der Waals surface area contributed by atoms with Crippen LogP contribution in [-0.4, -0.2) is 41.3 Å². The standard InChI is InChI=1S/C25H35ClN6S/c1-18-13-19(2)17-32(16-18)23-14-22(31-11-5-3-4-6-12-31)28-24(29-23)30-25(33)27-15-20-7-9-21(26)10-8-20/h7-10,14,18-19H,3-6,11-13,15-17H2,1-2H3,(H2,27,28,29,30,33)/t18-,19+. The molecule has 8 heteroatoms. The highest BCUT2D eigenvalue weighted by Crippen LogP contribution is 2.29. The smallest absolute Gasteiger partial charge is 0.232 e. The fraction of sp³-hybridized carbons (Fsp3) is 0.560. The molecule has 3 heterocycles. The Morgan fingerprint density at radius 3 is 2.21 bits per heavy atom. The van der Waals surface area contributed by atoms with Crippen molar-refractivity contribution in [1.29, 1.82) is 0 Å². The van der Waals surface area contributed by atoms with E-state index in [1.54, 1.807) is 0 Å². The summed E-state index contributed by atoms with van der Waals surface area (Å²) in [5.74, 6) is 3.86. The molecule has 2 saturated heterocycles. The first-order valence-electron chi connectivity index (χ1n) is 12.1. The van der Waals surface area contributed by atoms with Crippen LogP contribution in [0.25, 0.3) is 0 Å². The van der Waals surface area contributed by atoms with Gasteiger partial charge in [-0.3, -0.25) is 0 Å². The summed E-state index contributed by atoms with van der Waals surface area (Å²) in [4.78, 5) is 14.6. The third-order valence-corrected chi connectivity index (χ3v) is 6.91. The number of anilines is 3. The minimum absolute atomic E-state index is 0.518. The number of nitrogens with zero attached hydrogens (tertiary/aromatic N) is 4. The molecule has 0 unspecified atom stereocenters. The van der Waals surface area contributed by atoms with Crippen LogP contribution in [0.3, 0.4) is 0 Å². The molecule has 0 radical (unpaired) electrons. The molecule has 2 atom stereocenters. The third-order valence-electron chi connectivity index (χ3n) is 6.41. The molecule has 2 aliphatic heterocycles. The number of rotatable bonds is 5. The van der Waals surface area contributed by atoms with Crippen LogP contribution in [0, 0.1) is 11.8 Å². The topological polar surface area (TPSA) is 56.3 Å². The van der Waals surface area contributed by atoms with Gasteiger partial charge in [-0.1, -0.05) is 50.4 Å². The molecule has 0 amide bonds. The van der Waals surface area contributed by atoms with Gasteiger partial charge in [-0.2, -0.15) is 9.97 Å².